The van der Waals surface area contributed by atoms with Crippen LogP contribution in [0.2, 0.25) is 0 Å². The van der Waals surface area contributed by atoms with Gasteiger partial charge in [-0.15, -0.1) is 0 Å². The number of carbonyl (C=O) groups is 2. The zero-order chi connectivity index (χ0) is 20.8. The third kappa shape index (κ3) is 2.84. The second-order valence-electron chi connectivity index (χ2n) is 7.60. The van der Waals surface area contributed by atoms with Crippen LogP contribution in [0, 0.1) is 12.8 Å². The summed E-state index contributed by atoms with van der Waals surface area (Å²) in [6, 6.07) is 22.9. The summed E-state index contributed by atoms with van der Waals surface area (Å²) in [5, 5.41) is 11.4. The molecule has 1 N–H and O–H groups in total. The second kappa shape index (κ2) is 7.00. The largest absolute Gasteiger partial charge is 0.508 e. The van der Waals surface area contributed by atoms with Crippen LogP contribution >= 0.6 is 0 Å². The quantitative estimate of drug-likeness (QED) is 0.678. The summed E-state index contributed by atoms with van der Waals surface area (Å²) in [5.74, 6) is -1.21. The molecule has 0 radical (unpaired) electrons. The molecule has 2 aliphatic heterocycles. The van der Waals surface area contributed by atoms with Gasteiger partial charge in [-0.1, -0.05) is 42.5 Å². The smallest absolute Gasteiger partial charge is 0.266 e. The predicted octanol–water partition coefficient (Wildman–Crippen LogP) is 3.75. The maximum atomic E-state index is 13.5. The minimum atomic E-state index is -0.906. The molecule has 3 unspecified atom stereocenters. The van der Waals surface area contributed by atoms with Crippen LogP contribution in [0.5, 0.6) is 5.75 Å². The third-order valence-corrected chi connectivity index (χ3v) is 5.62. The molecule has 30 heavy (non-hydrogen) atoms. The number of imide groups is 1. The fourth-order valence-corrected chi connectivity index (χ4v) is 4.25. The molecule has 150 valence electrons. The molecule has 3 aromatic rings. The lowest BCUT2D eigenvalue weighted by atomic mass is 9.90. The topological polar surface area (TPSA) is 70.1 Å². The molecule has 0 spiro atoms. The summed E-state index contributed by atoms with van der Waals surface area (Å²) in [7, 11) is 0. The minimum Gasteiger partial charge on any atom is -0.508 e. The van der Waals surface area contributed by atoms with Crippen molar-refractivity contribution < 1.29 is 19.5 Å². The molecular formula is C24H20N2O4. The van der Waals surface area contributed by atoms with Crippen molar-refractivity contribution in [1.29, 1.82) is 0 Å². The van der Waals surface area contributed by atoms with E-state index in [1.165, 1.54) is 4.90 Å². The molecule has 2 aliphatic rings. The average molecular weight is 400 g/mol. The molecule has 0 aliphatic carbocycles. The fraction of sp³-hybridized carbons (Fsp3) is 0.167. The van der Waals surface area contributed by atoms with Crippen molar-refractivity contribution in [1.82, 2.24) is 0 Å². The number of hydroxylamine groups is 1. The van der Waals surface area contributed by atoms with E-state index in [0.717, 1.165) is 16.8 Å². The van der Waals surface area contributed by atoms with Crippen molar-refractivity contribution in [2.75, 3.05) is 9.96 Å². The molecular weight excluding hydrogens is 380 g/mol. The van der Waals surface area contributed by atoms with E-state index >= 15 is 0 Å². The maximum Gasteiger partial charge on any atom is 0.266 e. The first-order chi connectivity index (χ1) is 14.5. The number of anilines is 2. The van der Waals surface area contributed by atoms with E-state index < -0.39 is 18.1 Å². The monoisotopic (exact) mass is 400 g/mol. The number of hydrogen-bond acceptors (Lipinski definition) is 5. The van der Waals surface area contributed by atoms with E-state index in [1.54, 1.807) is 35.4 Å². The van der Waals surface area contributed by atoms with E-state index in [-0.39, 0.29) is 17.6 Å². The first-order valence-electron chi connectivity index (χ1n) is 9.79. The molecule has 6 nitrogen and oxygen atoms in total. The SMILES string of the molecule is Cc1cccc(N2C(=O)C3ON(c4ccccc4)C(c4ccc(O)cc4)C3C2=O)c1. The molecule has 2 amide bonds. The summed E-state index contributed by atoms with van der Waals surface area (Å²) in [6.45, 7) is 1.92. The Balaban J connectivity index is 1.59. The Morgan fingerprint density at radius 3 is 2.23 bits per heavy atom. The summed E-state index contributed by atoms with van der Waals surface area (Å²) in [5.41, 5.74) is 3.06. The second-order valence-corrected chi connectivity index (χ2v) is 7.60. The minimum absolute atomic E-state index is 0.135. The van der Waals surface area contributed by atoms with Gasteiger partial charge < -0.3 is 5.11 Å². The van der Waals surface area contributed by atoms with Gasteiger partial charge in [-0.2, -0.15) is 0 Å². The highest BCUT2D eigenvalue weighted by Crippen LogP contribution is 2.47. The number of aromatic hydroxyl groups is 1. The van der Waals surface area contributed by atoms with Gasteiger partial charge in [0.25, 0.3) is 5.91 Å². The lowest BCUT2D eigenvalue weighted by Crippen LogP contribution is -2.37. The van der Waals surface area contributed by atoms with Gasteiger partial charge in [-0.25, -0.2) is 9.96 Å². The molecule has 3 aromatic carbocycles. The zero-order valence-electron chi connectivity index (χ0n) is 16.3. The Labute approximate surface area is 173 Å². The van der Waals surface area contributed by atoms with Crippen LogP contribution in [0.3, 0.4) is 0 Å². The standard InChI is InChI=1S/C24H20N2O4/c1-15-6-5-9-18(14-15)25-23(28)20-21(16-10-12-19(27)13-11-16)26(30-22(20)24(25)29)17-7-3-2-4-8-17/h2-14,20-22,27H,1H3. The highest BCUT2D eigenvalue weighted by atomic mass is 16.7. The van der Waals surface area contributed by atoms with Crippen LogP contribution < -0.4 is 9.96 Å². The van der Waals surface area contributed by atoms with Crippen molar-refractivity contribution in [3.8, 4) is 5.75 Å². The van der Waals surface area contributed by atoms with Gasteiger partial charge in [-0.05, 0) is 54.4 Å². The molecule has 0 bridgehead atoms. The van der Waals surface area contributed by atoms with E-state index in [2.05, 4.69) is 0 Å². The number of fused-ring (bicyclic) bond motifs is 1. The van der Waals surface area contributed by atoms with Crippen LogP contribution in [0.15, 0.2) is 78.9 Å². The Morgan fingerprint density at radius 1 is 0.833 bits per heavy atom. The van der Waals surface area contributed by atoms with Crippen molar-refractivity contribution in [2.24, 2.45) is 5.92 Å². The highest BCUT2D eigenvalue weighted by Gasteiger charge is 2.60. The molecule has 5 rings (SSSR count). The van der Waals surface area contributed by atoms with Crippen molar-refractivity contribution >= 4 is 23.2 Å². The highest BCUT2D eigenvalue weighted by molar-refractivity contribution is 6.23. The number of carbonyl (C=O) groups excluding carboxylic acids is 2. The van der Waals surface area contributed by atoms with Crippen LogP contribution in [-0.2, 0) is 14.4 Å². The number of nitrogens with zero attached hydrogens (tertiary/aromatic N) is 2. The number of aryl methyl sites for hydroxylation is 1. The van der Waals surface area contributed by atoms with Gasteiger partial charge in [0.15, 0.2) is 6.10 Å². The average Bonchev–Trinajstić information content (AvgIpc) is 3.26. The zero-order valence-corrected chi connectivity index (χ0v) is 16.3. The Bertz CT molecular complexity index is 1110. The van der Waals surface area contributed by atoms with Crippen LogP contribution in [-0.4, -0.2) is 23.0 Å². The predicted molar refractivity (Wildman–Crippen MR) is 112 cm³/mol. The lowest BCUT2D eigenvalue weighted by molar-refractivity contribution is -0.126. The van der Waals surface area contributed by atoms with Gasteiger partial charge in [0.05, 0.1) is 17.4 Å². The molecule has 6 heteroatoms. The molecule has 2 fully saturated rings. The van der Waals surface area contributed by atoms with Gasteiger partial charge in [0.1, 0.15) is 11.7 Å². The molecule has 3 atom stereocenters. The van der Waals surface area contributed by atoms with E-state index in [9.17, 15) is 14.7 Å². The molecule has 0 saturated carbocycles. The molecule has 2 heterocycles. The summed E-state index contributed by atoms with van der Waals surface area (Å²) in [6.07, 6.45) is -0.906. The van der Waals surface area contributed by atoms with Crippen LogP contribution in [0.25, 0.3) is 0 Å². The first kappa shape index (κ1) is 18.4. The van der Waals surface area contributed by atoms with Gasteiger partial charge >= 0.3 is 0 Å². The summed E-state index contributed by atoms with van der Waals surface area (Å²) in [4.78, 5) is 34.0. The van der Waals surface area contributed by atoms with E-state index in [1.807, 2.05) is 55.5 Å². The van der Waals surface area contributed by atoms with Crippen LogP contribution in [0.1, 0.15) is 17.2 Å². The number of benzene rings is 3. The number of phenols is 1. The number of amides is 2. The Kier molecular flexibility index (Phi) is 4.29. The lowest BCUT2D eigenvalue weighted by Gasteiger charge is -2.28. The number of phenolic OH excluding ortho intramolecular Hbond substituents is 1. The van der Waals surface area contributed by atoms with E-state index in [4.69, 9.17) is 4.84 Å². The normalized spacial score (nSPS) is 23.2. The maximum absolute atomic E-state index is 13.5. The number of hydrogen-bond donors (Lipinski definition) is 1. The van der Waals surface area contributed by atoms with Crippen molar-refractivity contribution in [3.63, 3.8) is 0 Å². The third-order valence-electron chi connectivity index (χ3n) is 5.62. The van der Waals surface area contributed by atoms with Crippen molar-refractivity contribution in [2.45, 2.75) is 19.1 Å². The molecule has 0 aromatic heterocycles. The number of para-hydroxylation sites is 1. The summed E-state index contributed by atoms with van der Waals surface area (Å²) < 4.78 is 0. The van der Waals surface area contributed by atoms with Gasteiger partial charge in [0.2, 0.25) is 5.91 Å². The Hall–Kier alpha value is -3.64. The first-order valence-corrected chi connectivity index (χ1v) is 9.79. The van der Waals surface area contributed by atoms with Crippen LogP contribution in [0.4, 0.5) is 11.4 Å². The Morgan fingerprint density at radius 2 is 1.53 bits per heavy atom. The fourth-order valence-electron chi connectivity index (χ4n) is 4.25. The number of rotatable bonds is 3. The molecule has 2 saturated heterocycles. The van der Waals surface area contributed by atoms with Gasteiger partial charge in [0, 0.05) is 0 Å². The van der Waals surface area contributed by atoms with Gasteiger partial charge in [-0.3, -0.25) is 14.4 Å². The summed E-state index contributed by atoms with van der Waals surface area (Å²) >= 11 is 0. The van der Waals surface area contributed by atoms with Crippen molar-refractivity contribution in [3.05, 3.63) is 90.0 Å². The van der Waals surface area contributed by atoms with E-state index in [0.29, 0.717) is 5.69 Å².